The molecule has 0 aromatic rings. The van der Waals surface area contributed by atoms with Crippen molar-refractivity contribution in [2.45, 2.75) is 71.3 Å². The van der Waals surface area contributed by atoms with Gasteiger partial charge in [0.05, 0.1) is 6.10 Å². The van der Waals surface area contributed by atoms with Crippen molar-refractivity contribution < 1.29 is 5.11 Å². The maximum absolute atomic E-state index is 10.3. The van der Waals surface area contributed by atoms with Gasteiger partial charge in [-0.25, -0.2) is 0 Å². The van der Waals surface area contributed by atoms with Crippen LogP contribution in [-0.2, 0) is 0 Å². The summed E-state index contributed by atoms with van der Waals surface area (Å²) in [5.74, 6) is 0. The SMILES string of the molecule is CC1(C)CCCC(O)C12CCCCC2. The second kappa shape index (κ2) is 3.52. The molecule has 1 spiro atoms. The molecule has 2 rings (SSSR count). The first kappa shape index (κ1) is 10.5. The van der Waals surface area contributed by atoms with E-state index in [0.717, 1.165) is 6.42 Å². The first-order chi connectivity index (χ1) is 6.58. The van der Waals surface area contributed by atoms with Crippen molar-refractivity contribution in [3.8, 4) is 0 Å². The number of aliphatic hydroxyl groups is 1. The highest BCUT2D eigenvalue weighted by molar-refractivity contribution is 5.01. The third-order valence-corrected chi connectivity index (χ3v) is 5.01. The molecule has 0 amide bonds. The Morgan fingerprint density at radius 3 is 2.14 bits per heavy atom. The number of rotatable bonds is 0. The Bertz CT molecular complexity index is 201. The van der Waals surface area contributed by atoms with E-state index in [1.54, 1.807) is 0 Å². The summed E-state index contributed by atoms with van der Waals surface area (Å²) in [5, 5.41) is 10.3. The van der Waals surface area contributed by atoms with E-state index in [1.165, 1.54) is 44.9 Å². The van der Waals surface area contributed by atoms with Crippen molar-refractivity contribution >= 4 is 0 Å². The highest BCUT2D eigenvalue weighted by Gasteiger charge is 2.51. The minimum Gasteiger partial charge on any atom is -0.393 e. The van der Waals surface area contributed by atoms with Gasteiger partial charge in [0.2, 0.25) is 0 Å². The molecule has 14 heavy (non-hydrogen) atoms. The van der Waals surface area contributed by atoms with Crippen molar-refractivity contribution in [1.82, 2.24) is 0 Å². The zero-order chi connectivity index (χ0) is 10.2. The zero-order valence-electron chi connectivity index (χ0n) is 9.68. The van der Waals surface area contributed by atoms with Crippen LogP contribution in [0.5, 0.6) is 0 Å². The Morgan fingerprint density at radius 1 is 0.929 bits per heavy atom. The number of aliphatic hydroxyl groups excluding tert-OH is 1. The van der Waals surface area contributed by atoms with Gasteiger partial charge in [-0.05, 0) is 31.1 Å². The molecular weight excluding hydrogens is 172 g/mol. The molecule has 0 aliphatic heterocycles. The van der Waals surface area contributed by atoms with Gasteiger partial charge >= 0.3 is 0 Å². The predicted molar refractivity (Wildman–Crippen MR) is 59.2 cm³/mol. The molecule has 0 bridgehead atoms. The lowest BCUT2D eigenvalue weighted by Crippen LogP contribution is -2.51. The molecule has 1 nitrogen and oxygen atoms in total. The first-order valence-corrected chi connectivity index (χ1v) is 6.27. The Hall–Kier alpha value is -0.0400. The smallest absolute Gasteiger partial charge is 0.0601 e. The van der Waals surface area contributed by atoms with Gasteiger partial charge in [-0.1, -0.05) is 39.5 Å². The van der Waals surface area contributed by atoms with Crippen LogP contribution in [0.4, 0.5) is 0 Å². The van der Waals surface area contributed by atoms with E-state index in [2.05, 4.69) is 13.8 Å². The number of hydrogen-bond donors (Lipinski definition) is 1. The fourth-order valence-electron chi connectivity index (χ4n) is 3.91. The maximum Gasteiger partial charge on any atom is 0.0601 e. The fraction of sp³-hybridized carbons (Fsp3) is 1.00. The second-order valence-corrected chi connectivity index (χ2v) is 6.01. The van der Waals surface area contributed by atoms with E-state index < -0.39 is 0 Å². The summed E-state index contributed by atoms with van der Waals surface area (Å²) in [6.45, 7) is 4.75. The maximum atomic E-state index is 10.3. The molecule has 0 heterocycles. The van der Waals surface area contributed by atoms with Gasteiger partial charge in [-0.15, -0.1) is 0 Å². The van der Waals surface area contributed by atoms with Crippen LogP contribution in [0.2, 0.25) is 0 Å². The van der Waals surface area contributed by atoms with Crippen LogP contribution in [0.25, 0.3) is 0 Å². The van der Waals surface area contributed by atoms with Crippen LogP contribution in [0.1, 0.15) is 65.2 Å². The van der Waals surface area contributed by atoms with E-state index in [4.69, 9.17) is 0 Å². The molecule has 0 radical (unpaired) electrons. The molecule has 2 fully saturated rings. The van der Waals surface area contributed by atoms with Gasteiger partial charge in [0.1, 0.15) is 0 Å². The lowest BCUT2D eigenvalue weighted by atomic mass is 9.51. The Morgan fingerprint density at radius 2 is 1.57 bits per heavy atom. The second-order valence-electron chi connectivity index (χ2n) is 6.01. The minimum atomic E-state index is -0.0217. The first-order valence-electron chi connectivity index (χ1n) is 6.27. The van der Waals surface area contributed by atoms with Crippen molar-refractivity contribution in [3.05, 3.63) is 0 Å². The molecule has 1 unspecified atom stereocenters. The number of hydrogen-bond acceptors (Lipinski definition) is 1. The standard InChI is InChI=1S/C13H24O/c1-12(2)8-6-7-11(14)13(12)9-4-3-5-10-13/h11,14H,3-10H2,1-2H3. The van der Waals surface area contributed by atoms with Gasteiger partial charge in [-0.3, -0.25) is 0 Å². The van der Waals surface area contributed by atoms with E-state index in [-0.39, 0.29) is 11.5 Å². The van der Waals surface area contributed by atoms with Crippen molar-refractivity contribution in [3.63, 3.8) is 0 Å². The summed E-state index contributed by atoms with van der Waals surface area (Å²) in [4.78, 5) is 0. The average molecular weight is 196 g/mol. The van der Waals surface area contributed by atoms with Crippen molar-refractivity contribution in [1.29, 1.82) is 0 Å². The van der Waals surface area contributed by atoms with Gasteiger partial charge in [0, 0.05) is 5.41 Å². The summed E-state index contributed by atoms with van der Waals surface area (Å²) in [6.07, 6.45) is 10.1. The Kier molecular flexibility index (Phi) is 2.63. The zero-order valence-corrected chi connectivity index (χ0v) is 9.68. The van der Waals surface area contributed by atoms with Gasteiger partial charge < -0.3 is 5.11 Å². The molecule has 82 valence electrons. The molecular formula is C13H24O. The normalized spacial score (nSPS) is 35.8. The van der Waals surface area contributed by atoms with Crippen molar-refractivity contribution in [2.24, 2.45) is 10.8 Å². The molecule has 0 aromatic heterocycles. The summed E-state index contributed by atoms with van der Waals surface area (Å²) in [6, 6.07) is 0. The van der Waals surface area contributed by atoms with Gasteiger partial charge in [0.15, 0.2) is 0 Å². The van der Waals surface area contributed by atoms with Crippen LogP contribution in [0.15, 0.2) is 0 Å². The topological polar surface area (TPSA) is 20.2 Å². The highest BCUT2D eigenvalue weighted by Crippen LogP contribution is 2.57. The largest absolute Gasteiger partial charge is 0.393 e. The highest BCUT2D eigenvalue weighted by atomic mass is 16.3. The van der Waals surface area contributed by atoms with Gasteiger partial charge in [-0.2, -0.15) is 0 Å². The van der Waals surface area contributed by atoms with Crippen LogP contribution in [0, 0.1) is 10.8 Å². The lowest BCUT2D eigenvalue weighted by Gasteiger charge is -2.55. The van der Waals surface area contributed by atoms with Gasteiger partial charge in [0.25, 0.3) is 0 Å². The lowest BCUT2D eigenvalue weighted by molar-refractivity contribution is -0.119. The van der Waals surface area contributed by atoms with Crippen LogP contribution >= 0.6 is 0 Å². The predicted octanol–water partition coefficient (Wildman–Crippen LogP) is 3.51. The van der Waals surface area contributed by atoms with E-state index in [9.17, 15) is 5.11 Å². The summed E-state index contributed by atoms with van der Waals surface area (Å²) < 4.78 is 0. The summed E-state index contributed by atoms with van der Waals surface area (Å²) >= 11 is 0. The average Bonchev–Trinajstić information content (AvgIpc) is 2.16. The molecule has 2 saturated carbocycles. The van der Waals surface area contributed by atoms with E-state index in [0.29, 0.717) is 5.41 Å². The third kappa shape index (κ3) is 1.41. The van der Waals surface area contributed by atoms with Crippen LogP contribution < -0.4 is 0 Å². The van der Waals surface area contributed by atoms with E-state index >= 15 is 0 Å². The molecule has 0 aromatic carbocycles. The molecule has 1 atom stereocenters. The fourth-order valence-corrected chi connectivity index (χ4v) is 3.91. The monoisotopic (exact) mass is 196 g/mol. The molecule has 0 saturated heterocycles. The van der Waals surface area contributed by atoms with E-state index in [1.807, 2.05) is 0 Å². The minimum absolute atomic E-state index is 0.0217. The van der Waals surface area contributed by atoms with Crippen LogP contribution in [-0.4, -0.2) is 11.2 Å². The quantitative estimate of drug-likeness (QED) is 0.628. The Labute approximate surface area is 87.9 Å². The molecule has 1 heteroatoms. The molecule has 1 N–H and O–H groups in total. The molecule has 2 aliphatic rings. The summed E-state index contributed by atoms with van der Waals surface area (Å²) in [5.41, 5.74) is 0.634. The van der Waals surface area contributed by atoms with Crippen LogP contribution in [0.3, 0.4) is 0 Å². The third-order valence-electron chi connectivity index (χ3n) is 5.01. The summed E-state index contributed by atoms with van der Waals surface area (Å²) in [7, 11) is 0. The van der Waals surface area contributed by atoms with Crippen molar-refractivity contribution in [2.75, 3.05) is 0 Å². The Balaban J connectivity index is 2.25. The molecule has 2 aliphatic carbocycles.